The third-order valence-corrected chi connectivity index (χ3v) is 3.75. The Morgan fingerprint density at radius 1 is 1.28 bits per heavy atom. The minimum Gasteiger partial charge on any atom is -0.326 e. The number of rotatable bonds is 3. The van der Waals surface area contributed by atoms with Gasteiger partial charge in [0.1, 0.15) is 5.82 Å². The Morgan fingerprint density at radius 3 is 2.67 bits per heavy atom. The topological polar surface area (TPSA) is 29.3 Å². The lowest BCUT2D eigenvalue weighted by molar-refractivity contribution is 0.185. The second-order valence-electron chi connectivity index (χ2n) is 5.19. The van der Waals surface area contributed by atoms with Crippen LogP contribution in [0.25, 0.3) is 0 Å². The van der Waals surface area contributed by atoms with E-state index in [0.29, 0.717) is 0 Å². The van der Waals surface area contributed by atoms with Crippen molar-refractivity contribution in [3.05, 3.63) is 35.6 Å². The van der Waals surface area contributed by atoms with Crippen LogP contribution in [0.2, 0.25) is 0 Å². The summed E-state index contributed by atoms with van der Waals surface area (Å²) in [4.78, 5) is 2.46. The van der Waals surface area contributed by atoms with Gasteiger partial charge in [0.2, 0.25) is 0 Å². The molecule has 2 N–H and O–H groups in total. The highest BCUT2D eigenvalue weighted by atomic mass is 19.1. The summed E-state index contributed by atoms with van der Waals surface area (Å²) >= 11 is 0. The Labute approximate surface area is 109 Å². The molecule has 1 aromatic rings. The van der Waals surface area contributed by atoms with Crippen LogP contribution in [0.1, 0.15) is 44.2 Å². The number of nitrogens with zero attached hydrogens (tertiary/aromatic N) is 1. The second kappa shape index (κ2) is 6.30. The first kappa shape index (κ1) is 13.5. The molecule has 0 radical (unpaired) electrons. The molecule has 2 rings (SSSR count). The first-order chi connectivity index (χ1) is 8.72. The van der Waals surface area contributed by atoms with Gasteiger partial charge in [-0.15, -0.1) is 0 Å². The van der Waals surface area contributed by atoms with E-state index in [1.54, 1.807) is 0 Å². The van der Waals surface area contributed by atoms with Crippen LogP contribution in [-0.4, -0.2) is 24.0 Å². The van der Waals surface area contributed by atoms with Gasteiger partial charge in [0, 0.05) is 12.1 Å². The minimum atomic E-state index is -0.178. The lowest BCUT2D eigenvalue weighted by Gasteiger charge is -2.33. The van der Waals surface area contributed by atoms with E-state index in [-0.39, 0.29) is 17.9 Å². The highest BCUT2D eigenvalue weighted by molar-refractivity contribution is 5.22. The van der Waals surface area contributed by atoms with Crippen LogP contribution >= 0.6 is 0 Å². The van der Waals surface area contributed by atoms with E-state index in [1.807, 2.05) is 12.1 Å². The van der Waals surface area contributed by atoms with Crippen molar-refractivity contribution in [2.45, 2.75) is 44.7 Å². The quantitative estimate of drug-likeness (QED) is 0.893. The van der Waals surface area contributed by atoms with E-state index >= 15 is 0 Å². The van der Waals surface area contributed by atoms with Crippen molar-refractivity contribution >= 4 is 0 Å². The van der Waals surface area contributed by atoms with E-state index in [4.69, 9.17) is 5.73 Å². The second-order valence-corrected chi connectivity index (χ2v) is 5.19. The zero-order valence-corrected chi connectivity index (χ0v) is 11.1. The van der Waals surface area contributed by atoms with Gasteiger partial charge >= 0.3 is 0 Å². The maximum Gasteiger partial charge on any atom is 0.123 e. The van der Waals surface area contributed by atoms with E-state index in [0.717, 1.165) is 31.5 Å². The molecular weight excluding hydrogens is 227 g/mol. The fourth-order valence-electron chi connectivity index (χ4n) is 2.92. The summed E-state index contributed by atoms with van der Waals surface area (Å²) in [5.74, 6) is -0.178. The van der Waals surface area contributed by atoms with Gasteiger partial charge in [-0.1, -0.05) is 25.5 Å². The molecular formula is C15H23FN2. The van der Waals surface area contributed by atoms with Crippen LogP contribution in [0.5, 0.6) is 0 Å². The van der Waals surface area contributed by atoms with Crippen LogP contribution in [-0.2, 0) is 0 Å². The molecule has 1 aromatic carbocycles. The van der Waals surface area contributed by atoms with Crippen molar-refractivity contribution in [3.8, 4) is 0 Å². The number of hydrogen-bond donors (Lipinski definition) is 1. The van der Waals surface area contributed by atoms with Gasteiger partial charge in [0.25, 0.3) is 0 Å². The molecule has 0 aromatic heterocycles. The van der Waals surface area contributed by atoms with E-state index < -0.39 is 0 Å². The maximum absolute atomic E-state index is 13.0. The van der Waals surface area contributed by atoms with E-state index in [2.05, 4.69) is 11.8 Å². The number of likely N-dealkylation sites (tertiary alicyclic amines) is 1. The van der Waals surface area contributed by atoms with Gasteiger partial charge < -0.3 is 5.73 Å². The molecule has 2 atom stereocenters. The Balaban J connectivity index is 2.24. The standard InChI is InChI=1S/C15H23FN2/c1-2-10-18-11-4-3-5-14(17)15(18)12-6-8-13(16)9-7-12/h6-9,14-15H,2-5,10-11,17H2,1H3. The summed E-state index contributed by atoms with van der Waals surface area (Å²) in [6, 6.07) is 7.24. The molecule has 0 aliphatic carbocycles. The van der Waals surface area contributed by atoms with Crippen molar-refractivity contribution in [3.63, 3.8) is 0 Å². The number of hydrogen-bond acceptors (Lipinski definition) is 2. The highest BCUT2D eigenvalue weighted by Crippen LogP contribution is 2.29. The number of benzene rings is 1. The Kier molecular flexibility index (Phi) is 4.72. The van der Waals surface area contributed by atoms with Gasteiger partial charge in [-0.05, 0) is 50.0 Å². The fourth-order valence-corrected chi connectivity index (χ4v) is 2.92. The van der Waals surface area contributed by atoms with Crippen molar-refractivity contribution in [2.24, 2.45) is 5.73 Å². The molecule has 0 bridgehead atoms. The van der Waals surface area contributed by atoms with Crippen molar-refractivity contribution in [1.29, 1.82) is 0 Å². The van der Waals surface area contributed by atoms with Crippen LogP contribution < -0.4 is 5.73 Å². The molecule has 1 aliphatic heterocycles. The highest BCUT2D eigenvalue weighted by Gasteiger charge is 2.28. The molecule has 2 unspecified atom stereocenters. The van der Waals surface area contributed by atoms with Crippen LogP contribution in [0.4, 0.5) is 4.39 Å². The summed E-state index contributed by atoms with van der Waals surface area (Å²) in [6.45, 7) is 4.36. The SMILES string of the molecule is CCCN1CCCCC(N)C1c1ccc(F)cc1. The van der Waals surface area contributed by atoms with Crippen molar-refractivity contribution in [2.75, 3.05) is 13.1 Å². The summed E-state index contributed by atoms with van der Waals surface area (Å²) in [6.07, 6.45) is 4.59. The van der Waals surface area contributed by atoms with Gasteiger partial charge in [-0.3, -0.25) is 4.90 Å². The predicted octanol–water partition coefficient (Wildman–Crippen LogP) is 3.09. The largest absolute Gasteiger partial charge is 0.326 e. The molecule has 0 amide bonds. The summed E-state index contributed by atoms with van der Waals surface area (Å²) in [5.41, 5.74) is 7.49. The molecule has 100 valence electrons. The van der Waals surface area contributed by atoms with Gasteiger partial charge in [0.05, 0.1) is 0 Å². The lowest BCUT2D eigenvalue weighted by atomic mass is 9.96. The first-order valence-electron chi connectivity index (χ1n) is 6.97. The van der Waals surface area contributed by atoms with Crippen molar-refractivity contribution in [1.82, 2.24) is 4.90 Å². The zero-order chi connectivity index (χ0) is 13.0. The van der Waals surface area contributed by atoms with E-state index in [1.165, 1.54) is 25.0 Å². The fraction of sp³-hybridized carbons (Fsp3) is 0.600. The first-order valence-corrected chi connectivity index (χ1v) is 6.97. The minimum absolute atomic E-state index is 0.157. The van der Waals surface area contributed by atoms with Gasteiger partial charge in [0.15, 0.2) is 0 Å². The van der Waals surface area contributed by atoms with Crippen LogP contribution in [0.15, 0.2) is 24.3 Å². The van der Waals surface area contributed by atoms with Gasteiger partial charge in [-0.2, -0.15) is 0 Å². The average molecular weight is 250 g/mol. The lowest BCUT2D eigenvalue weighted by Crippen LogP contribution is -2.40. The molecule has 1 aliphatic rings. The Morgan fingerprint density at radius 2 is 2.00 bits per heavy atom. The third-order valence-electron chi connectivity index (χ3n) is 3.75. The molecule has 1 heterocycles. The molecule has 0 saturated carbocycles. The molecule has 2 nitrogen and oxygen atoms in total. The smallest absolute Gasteiger partial charge is 0.123 e. The van der Waals surface area contributed by atoms with Crippen molar-refractivity contribution < 1.29 is 4.39 Å². The molecule has 3 heteroatoms. The van der Waals surface area contributed by atoms with Crippen LogP contribution in [0, 0.1) is 5.82 Å². The predicted molar refractivity (Wildman–Crippen MR) is 72.8 cm³/mol. The zero-order valence-electron chi connectivity index (χ0n) is 11.1. The summed E-state index contributed by atoms with van der Waals surface area (Å²) < 4.78 is 13.0. The Hall–Kier alpha value is -0.930. The molecule has 1 fully saturated rings. The number of halogens is 1. The molecule has 1 saturated heterocycles. The summed E-state index contributed by atoms with van der Waals surface area (Å²) in [5, 5.41) is 0. The summed E-state index contributed by atoms with van der Waals surface area (Å²) in [7, 11) is 0. The normalized spacial score (nSPS) is 25.9. The average Bonchev–Trinajstić information content (AvgIpc) is 2.53. The third kappa shape index (κ3) is 3.09. The maximum atomic E-state index is 13.0. The molecule has 18 heavy (non-hydrogen) atoms. The number of nitrogens with two attached hydrogens (primary N) is 1. The Bertz CT molecular complexity index is 363. The molecule has 0 spiro atoms. The van der Waals surface area contributed by atoms with Gasteiger partial charge in [-0.25, -0.2) is 4.39 Å². The van der Waals surface area contributed by atoms with Crippen LogP contribution in [0.3, 0.4) is 0 Å². The monoisotopic (exact) mass is 250 g/mol. The van der Waals surface area contributed by atoms with E-state index in [9.17, 15) is 4.39 Å².